The zero-order valence-electron chi connectivity index (χ0n) is 11.6. The number of aryl methyl sites for hydroxylation is 2. The first kappa shape index (κ1) is 15.7. The highest BCUT2D eigenvalue weighted by Gasteiger charge is 2.18. The van der Waals surface area contributed by atoms with Crippen molar-refractivity contribution in [3.05, 3.63) is 46.1 Å². The highest BCUT2D eigenvalue weighted by molar-refractivity contribution is 7.98. The first-order valence-corrected chi connectivity index (χ1v) is 7.72. The maximum absolute atomic E-state index is 11.4. The van der Waals surface area contributed by atoms with Crippen LogP contribution in [0.4, 0.5) is 0 Å². The summed E-state index contributed by atoms with van der Waals surface area (Å²) in [5.74, 6) is 0.124. The first-order chi connectivity index (χ1) is 10.0. The summed E-state index contributed by atoms with van der Waals surface area (Å²) in [4.78, 5) is 23.9. The highest BCUT2D eigenvalue weighted by atomic mass is 35.5. The average Bonchev–Trinajstić information content (AvgIpc) is 2.45. The Bertz CT molecular complexity index is 679. The minimum atomic E-state index is -1.02. The molecular formula is C14H14ClN3O2S. The summed E-state index contributed by atoms with van der Waals surface area (Å²) in [6.45, 7) is 3.62. The lowest BCUT2D eigenvalue weighted by atomic mass is 10.2. The van der Waals surface area contributed by atoms with E-state index < -0.39 is 5.97 Å². The summed E-state index contributed by atoms with van der Waals surface area (Å²) in [5.41, 5.74) is 1.47. The Kier molecular flexibility index (Phi) is 5.14. The van der Waals surface area contributed by atoms with Crippen LogP contribution in [0.25, 0.3) is 0 Å². The van der Waals surface area contributed by atoms with Crippen LogP contribution in [-0.4, -0.2) is 26.0 Å². The standard InChI is InChI=1S/C14H14ClN3O2S/c1-3-10-17-8(2)11(14(19)20)13(18-10)21-7-9-5-4-6-16-12(9)15/h4-6H,3,7H2,1-2H3,(H,19,20). The lowest BCUT2D eigenvalue weighted by Gasteiger charge is -2.09. The van der Waals surface area contributed by atoms with Crippen molar-refractivity contribution in [3.8, 4) is 0 Å². The Hall–Kier alpha value is -1.66. The fourth-order valence-corrected chi connectivity index (χ4v) is 3.12. The van der Waals surface area contributed by atoms with Crippen molar-refractivity contribution in [1.82, 2.24) is 15.0 Å². The van der Waals surface area contributed by atoms with Crippen molar-refractivity contribution in [2.75, 3.05) is 0 Å². The number of hydrogen-bond acceptors (Lipinski definition) is 5. The van der Waals surface area contributed by atoms with Crippen LogP contribution < -0.4 is 0 Å². The van der Waals surface area contributed by atoms with Crippen molar-refractivity contribution in [2.24, 2.45) is 0 Å². The van der Waals surface area contributed by atoms with E-state index in [4.69, 9.17) is 11.6 Å². The summed E-state index contributed by atoms with van der Waals surface area (Å²) in [7, 11) is 0. The van der Waals surface area contributed by atoms with E-state index in [1.807, 2.05) is 13.0 Å². The Morgan fingerprint density at radius 3 is 2.81 bits per heavy atom. The van der Waals surface area contributed by atoms with E-state index in [9.17, 15) is 9.90 Å². The molecule has 0 spiro atoms. The van der Waals surface area contributed by atoms with Crippen LogP contribution in [0.2, 0.25) is 5.15 Å². The van der Waals surface area contributed by atoms with E-state index in [2.05, 4.69) is 15.0 Å². The van der Waals surface area contributed by atoms with Gasteiger partial charge in [-0.3, -0.25) is 0 Å². The van der Waals surface area contributed by atoms with Crippen LogP contribution in [0.1, 0.15) is 34.4 Å². The molecule has 0 aromatic carbocycles. The van der Waals surface area contributed by atoms with Crippen molar-refractivity contribution in [1.29, 1.82) is 0 Å². The number of carboxylic acids is 1. The first-order valence-electron chi connectivity index (χ1n) is 6.36. The molecule has 0 saturated carbocycles. The average molecular weight is 324 g/mol. The minimum Gasteiger partial charge on any atom is -0.478 e. The van der Waals surface area contributed by atoms with Crippen LogP contribution in [-0.2, 0) is 12.2 Å². The molecule has 21 heavy (non-hydrogen) atoms. The smallest absolute Gasteiger partial charge is 0.340 e. The van der Waals surface area contributed by atoms with Crippen LogP contribution in [0.15, 0.2) is 23.4 Å². The van der Waals surface area contributed by atoms with E-state index in [-0.39, 0.29) is 5.56 Å². The van der Waals surface area contributed by atoms with Gasteiger partial charge >= 0.3 is 5.97 Å². The van der Waals surface area contributed by atoms with Gasteiger partial charge in [-0.15, -0.1) is 11.8 Å². The molecule has 2 heterocycles. The van der Waals surface area contributed by atoms with Gasteiger partial charge in [0, 0.05) is 18.4 Å². The zero-order chi connectivity index (χ0) is 15.4. The Labute approximate surface area is 131 Å². The zero-order valence-corrected chi connectivity index (χ0v) is 13.2. The quantitative estimate of drug-likeness (QED) is 0.516. The predicted molar refractivity (Wildman–Crippen MR) is 81.9 cm³/mol. The number of rotatable bonds is 5. The molecule has 5 nitrogen and oxygen atoms in total. The number of nitrogens with zero attached hydrogens (tertiary/aromatic N) is 3. The summed E-state index contributed by atoms with van der Waals surface area (Å²) >= 11 is 7.34. The fraction of sp³-hybridized carbons (Fsp3) is 0.286. The van der Waals surface area contributed by atoms with Crippen molar-refractivity contribution in [2.45, 2.75) is 31.0 Å². The van der Waals surface area contributed by atoms with Gasteiger partial charge < -0.3 is 5.11 Å². The molecule has 1 N–H and O–H groups in total. The Balaban J connectivity index is 2.32. The lowest BCUT2D eigenvalue weighted by molar-refractivity contribution is 0.0690. The SMILES string of the molecule is CCc1nc(C)c(C(=O)O)c(SCc2cccnc2Cl)n1. The molecule has 0 aliphatic rings. The Morgan fingerprint density at radius 2 is 2.19 bits per heavy atom. The van der Waals surface area contributed by atoms with Crippen LogP contribution >= 0.6 is 23.4 Å². The van der Waals surface area contributed by atoms with Crippen LogP contribution in [0.3, 0.4) is 0 Å². The number of aromatic nitrogens is 3. The van der Waals surface area contributed by atoms with Crippen LogP contribution in [0.5, 0.6) is 0 Å². The molecule has 0 aliphatic carbocycles. The number of thioether (sulfide) groups is 1. The topological polar surface area (TPSA) is 76.0 Å². The normalized spacial score (nSPS) is 10.6. The molecule has 0 saturated heterocycles. The maximum Gasteiger partial charge on any atom is 0.340 e. The second-order valence-electron chi connectivity index (χ2n) is 4.31. The van der Waals surface area contributed by atoms with Gasteiger partial charge in [-0.1, -0.05) is 24.6 Å². The van der Waals surface area contributed by atoms with Crippen molar-refractivity contribution >= 4 is 29.3 Å². The van der Waals surface area contributed by atoms with Crippen molar-refractivity contribution in [3.63, 3.8) is 0 Å². The Morgan fingerprint density at radius 1 is 1.43 bits per heavy atom. The van der Waals surface area contributed by atoms with Gasteiger partial charge in [0.2, 0.25) is 0 Å². The number of halogens is 1. The van der Waals surface area contributed by atoms with Gasteiger partial charge in [-0.25, -0.2) is 19.7 Å². The maximum atomic E-state index is 11.4. The summed E-state index contributed by atoms with van der Waals surface area (Å²) < 4.78 is 0. The molecule has 2 aromatic rings. The number of carbonyl (C=O) groups is 1. The number of hydrogen-bond donors (Lipinski definition) is 1. The van der Waals surface area contributed by atoms with Gasteiger partial charge in [0.25, 0.3) is 0 Å². The van der Waals surface area contributed by atoms with E-state index >= 15 is 0 Å². The molecule has 2 aromatic heterocycles. The predicted octanol–water partition coefficient (Wildman–Crippen LogP) is 3.39. The molecular weight excluding hydrogens is 310 g/mol. The molecule has 110 valence electrons. The van der Waals surface area contributed by atoms with E-state index in [0.717, 1.165) is 5.56 Å². The highest BCUT2D eigenvalue weighted by Crippen LogP contribution is 2.28. The monoisotopic (exact) mass is 323 g/mol. The molecule has 0 atom stereocenters. The van der Waals surface area contributed by atoms with Gasteiger partial charge in [0.05, 0.1) is 5.69 Å². The van der Waals surface area contributed by atoms with Gasteiger partial charge in [-0.2, -0.15) is 0 Å². The molecule has 0 unspecified atom stereocenters. The third kappa shape index (κ3) is 3.71. The summed E-state index contributed by atoms with van der Waals surface area (Å²) in [6, 6.07) is 3.65. The largest absolute Gasteiger partial charge is 0.478 e. The minimum absolute atomic E-state index is 0.150. The summed E-state index contributed by atoms with van der Waals surface area (Å²) in [6.07, 6.45) is 2.27. The van der Waals surface area contributed by atoms with Gasteiger partial charge in [-0.05, 0) is 18.6 Å². The second-order valence-corrected chi connectivity index (χ2v) is 5.63. The van der Waals surface area contributed by atoms with E-state index in [0.29, 0.717) is 33.9 Å². The molecule has 0 amide bonds. The third-order valence-corrected chi connectivity index (χ3v) is 4.20. The van der Waals surface area contributed by atoms with E-state index in [1.54, 1.807) is 19.2 Å². The molecule has 0 radical (unpaired) electrons. The fourth-order valence-electron chi connectivity index (χ4n) is 1.78. The van der Waals surface area contributed by atoms with Gasteiger partial charge in [0.15, 0.2) is 0 Å². The second kappa shape index (κ2) is 6.87. The number of carboxylic acid groups (broad SMARTS) is 1. The summed E-state index contributed by atoms with van der Waals surface area (Å²) in [5, 5.41) is 10.2. The molecule has 0 aliphatic heterocycles. The number of aromatic carboxylic acids is 1. The van der Waals surface area contributed by atoms with Crippen molar-refractivity contribution < 1.29 is 9.90 Å². The van der Waals surface area contributed by atoms with Gasteiger partial charge in [0.1, 0.15) is 21.6 Å². The molecule has 7 heteroatoms. The molecule has 2 rings (SSSR count). The third-order valence-electron chi connectivity index (χ3n) is 2.83. The lowest BCUT2D eigenvalue weighted by Crippen LogP contribution is -2.09. The van der Waals surface area contributed by atoms with Crippen LogP contribution in [0, 0.1) is 6.92 Å². The molecule has 0 fully saturated rings. The van der Waals surface area contributed by atoms with E-state index in [1.165, 1.54) is 11.8 Å². The molecule has 0 bridgehead atoms. The number of pyridine rings is 1.